The summed E-state index contributed by atoms with van der Waals surface area (Å²) in [5, 5.41) is 4.98. The lowest BCUT2D eigenvalue weighted by Gasteiger charge is -2.14. The molecule has 1 heterocycles. The molecule has 0 N–H and O–H groups in total. The molecule has 0 saturated heterocycles. The molecule has 7 nitrogen and oxygen atoms in total. The molecule has 32 heavy (non-hydrogen) atoms. The highest BCUT2D eigenvalue weighted by Gasteiger charge is 2.17. The van der Waals surface area contributed by atoms with Crippen molar-refractivity contribution in [2.45, 2.75) is 39.2 Å². The second-order valence-corrected chi connectivity index (χ2v) is 9.35. The minimum atomic E-state index is -0.715. The maximum atomic E-state index is 13.2. The second kappa shape index (κ2) is 10.6. The quantitative estimate of drug-likeness (QED) is 0.211. The predicted octanol–water partition coefficient (Wildman–Crippen LogP) is 5.10. The first kappa shape index (κ1) is 24.4. The lowest BCUT2D eigenvalue weighted by Crippen LogP contribution is -2.25. The number of esters is 1. The van der Waals surface area contributed by atoms with Crippen molar-refractivity contribution in [3.05, 3.63) is 66.2 Å². The lowest BCUT2D eigenvalue weighted by atomic mass is 10.1. The predicted molar refractivity (Wildman–Crippen MR) is 137 cm³/mol. The third-order valence-corrected chi connectivity index (χ3v) is 6.34. The van der Waals surface area contributed by atoms with E-state index in [0.717, 1.165) is 20.0 Å². The van der Waals surface area contributed by atoms with Crippen molar-refractivity contribution in [3.8, 4) is 5.75 Å². The van der Waals surface area contributed by atoms with Gasteiger partial charge in [-0.25, -0.2) is 9.78 Å². The van der Waals surface area contributed by atoms with Gasteiger partial charge in [0.2, 0.25) is 0 Å². The number of aromatic nitrogens is 2. The standard InChI is InChI=1S/C23H23BrIN3O4/c1-5-13(2)21-27-19-8-7-16(24)11-17(19)22(29)28(21)26-12-15-6-9-20(18(25)10-15)32-14(3)23(30)31-4/h6-14H,5H2,1-4H3/t13-,14+/m1/s1. The number of carbonyl (C=O) groups excluding carboxylic acids is 1. The fraction of sp³-hybridized carbons (Fsp3) is 0.304. The lowest BCUT2D eigenvalue weighted by molar-refractivity contribution is -0.147. The number of halogens is 2. The molecule has 1 aromatic heterocycles. The van der Waals surface area contributed by atoms with Gasteiger partial charge in [-0.1, -0.05) is 29.8 Å². The van der Waals surface area contributed by atoms with E-state index >= 15 is 0 Å². The Morgan fingerprint density at radius 1 is 1.28 bits per heavy atom. The SMILES string of the molecule is CC[C@@H](C)c1nc2ccc(Br)cc2c(=O)n1N=Cc1ccc(O[C@@H](C)C(=O)OC)c(I)c1. The summed E-state index contributed by atoms with van der Waals surface area (Å²) in [5.41, 5.74) is 1.21. The smallest absolute Gasteiger partial charge is 0.346 e. The zero-order chi connectivity index (χ0) is 23.4. The van der Waals surface area contributed by atoms with Crippen LogP contribution in [0.2, 0.25) is 0 Å². The van der Waals surface area contributed by atoms with E-state index in [1.54, 1.807) is 25.3 Å². The number of ether oxygens (including phenoxy) is 2. The minimum absolute atomic E-state index is 0.0589. The minimum Gasteiger partial charge on any atom is -0.478 e. The molecule has 0 spiro atoms. The normalized spacial score (nSPS) is 13.3. The number of benzene rings is 2. The molecular weight excluding hydrogens is 589 g/mol. The van der Waals surface area contributed by atoms with Crippen molar-refractivity contribution in [2.75, 3.05) is 7.11 Å². The Morgan fingerprint density at radius 3 is 2.69 bits per heavy atom. The van der Waals surface area contributed by atoms with Gasteiger partial charge in [-0.2, -0.15) is 9.78 Å². The molecule has 0 aliphatic heterocycles. The first-order valence-electron chi connectivity index (χ1n) is 10.1. The van der Waals surface area contributed by atoms with Gasteiger partial charge < -0.3 is 9.47 Å². The Kier molecular flexibility index (Phi) is 8.05. The number of methoxy groups -OCH3 is 1. The molecule has 168 valence electrons. The van der Waals surface area contributed by atoms with Crippen LogP contribution in [0.1, 0.15) is 44.5 Å². The summed E-state index contributed by atoms with van der Waals surface area (Å²) in [4.78, 5) is 29.5. The van der Waals surface area contributed by atoms with Crippen LogP contribution in [0.15, 0.2) is 50.8 Å². The molecule has 0 radical (unpaired) electrons. The molecule has 0 unspecified atom stereocenters. The van der Waals surface area contributed by atoms with Crippen LogP contribution in [0.3, 0.4) is 0 Å². The third kappa shape index (κ3) is 5.37. The molecule has 0 amide bonds. The summed E-state index contributed by atoms with van der Waals surface area (Å²) in [5.74, 6) is 0.794. The Bertz CT molecular complexity index is 1240. The highest BCUT2D eigenvalue weighted by molar-refractivity contribution is 14.1. The van der Waals surface area contributed by atoms with Crippen LogP contribution in [0.4, 0.5) is 0 Å². The van der Waals surface area contributed by atoms with Crippen LogP contribution in [0.5, 0.6) is 5.75 Å². The van der Waals surface area contributed by atoms with Crippen molar-refractivity contribution >= 4 is 61.6 Å². The Morgan fingerprint density at radius 2 is 2.03 bits per heavy atom. The zero-order valence-corrected chi connectivity index (χ0v) is 21.9. The molecular formula is C23H23BrIN3O4. The van der Waals surface area contributed by atoms with E-state index in [4.69, 9.17) is 14.5 Å². The Balaban J connectivity index is 1.99. The zero-order valence-electron chi connectivity index (χ0n) is 18.1. The summed E-state index contributed by atoms with van der Waals surface area (Å²) >= 11 is 5.55. The van der Waals surface area contributed by atoms with E-state index < -0.39 is 12.1 Å². The van der Waals surface area contributed by atoms with Crippen molar-refractivity contribution in [1.29, 1.82) is 0 Å². The number of rotatable bonds is 7. The van der Waals surface area contributed by atoms with Crippen molar-refractivity contribution in [3.63, 3.8) is 0 Å². The van der Waals surface area contributed by atoms with Gasteiger partial charge in [0.25, 0.3) is 5.56 Å². The molecule has 0 aliphatic carbocycles. The monoisotopic (exact) mass is 611 g/mol. The van der Waals surface area contributed by atoms with Crippen molar-refractivity contribution < 1.29 is 14.3 Å². The molecule has 2 atom stereocenters. The van der Waals surface area contributed by atoms with Gasteiger partial charge in [0, 0.05) is 10.4 Å². The average Bonchev–Trinajstić information content (AvgIpc) is 2.79. The summed E-state index contributed by atoms with van der Waals surface area (Å²) in [7, 11) is 1.32. The molecule has 0 saturated carbocycles. The summed E-state index contributed by atoms with van der Waals surface area (Å²) < 4.78 is 13.3. The van der Waals surface area contributed by atoms with E-state index in [0.29, 0.717) is 22.5 Å². The molecule has 0 aliphatic rings. The number of hydrogen-bond donors (Lipinski definition) is 0. The van der Waals surface area contributed by atoms with Gasteiger partial charge in [0.1, 0.15) is 11.6 Å². The molecule has 3 rings (SSSR count). The van der Waals surface area contributed by atoms with E-state index in [1.807, 2.05) is 38.1 Å². The van der Waals surface area contributed by atoms with Crippen LogP contribution >= 0.6 is 38.5 Å². The summed E-state index contributed by atoms with van der Waals surface area (Å²) in [6, 6.07) is 10.9. The maximum Gasteiger partial charge on any atom is 0.346 e. The fourth-order valence-electron chi connectivity index (χ4n) is 3.00. The summed E-state index contributed by atoms with van der Waals surface area (Å²) in [6.07, 6.45) is 1.73. The number of fused-ring (bicyclic) bond motifs is 1. The van der Waals surface area contributed by atoms with Gasteiger partial charge in [-0.05, 0) is 77.9 Å². The molecule has 9 heteroatoms. The highest BCUT2D eigenvalue weighted by atomic mass is 127. The number of hydrogen-bond acceptors (Lipinski definition) is 6. The van der Waals surface area contributed by atoms with Crippen molar-refractivity contribution in [2.24, 2.45) is 5.10 Å². The Hall–Kier alpha value is -2.27. The van der Waals surface area contributed by atoms with Gasteiger partial charge in [0.15, 0.2) is 6.10 Å². The average molecular weight is 612 g/mol. The van der Waals surface area contributed by atoms with E-state index in [2.05, 4.69) is 43.6 Å². The van der Waals surface area contributed by atoms with Crippen LogP contribution in [0, 0.1) is 3.57 Å². The van der Waals surface area contributed by atoms with E-state index in [1.165, 1.54) is 11.8 Å². The number of nitrogens with zero attached hydrogens (tertiary/aromatic N) is 3. The van der Waals surface area contributed by atoms with Gasteiger partial charge in [-0.15, -0.1) is 0 Å². The number of carbonyl (C=O) groups is 1. The second-order valence-electron chi connectivity index (χ2n) is 7.28. The summed E-state index contributed by atoms with van der Waals surface area (Å²) in [6.45, 7) is 5.70. The van der Waals surface area contributed by atoms with Crippen LogP contribution < -0.4 is 10.3 Å². The van der Waals surface area contributed by atoms with E-state index in [9.17, 15) is 9.59 Å². The van der Waals surface area contributed by atoms with E-state index in [-0.39, 0.29) is 11.5 Å². The van der Waals surface area contributed by atoms with Crippen molar-refractivity contribution in [1.82, 2.24) is 9.66 Å². The van der Waals surface area contributed by atoms with Gasteiger partial charge in [-0.3, -0.25) is 4.79 Å². The van der Waals surface area contributed by atoms with Crippen LogP contribution in [-0.4, -0.2) is 35.1 Å². The largest absolute Gasteiger partial charge is 0.478 e. The molecule has 2 aromatic carbocycles. The van der Waals surface area contributed by atoms with Crippen LogP contribution in [-0.2, 0) is 9.53 Å². The maximum absolute atomic E-state index is 13.2. The highest BCUT2D eigenvalue weighted by Crippen LogP contribution is 2.24. The topological polar surface area (TPSA) is 82.8 Å². The third-order valence-electron chi connectivity index (χ3n) is 5.00. The fourth-order valence-corrected chi connectivity index (χ4v) is 4.03. The van der Waals surface area contributed by atoms with Gasteiger partial charge >= 0.3 is 5.97 Å². The first-order chi connectivity index (χ1) is 15.2. The molecule has 0 fully saturated rings. The van der Waals surface area contributed by atoms with Gasteiger partial charge in [0.05, 0.1) is 27.8 Å². The molecule has 3 aromatic rings. The van der Waals surface area contributed by atoms with Crippen LogP contribution in [0.25, 0.3) is 10.9 Å². The Labute approximate surface area is 208 Å². The molecule has 0 bridgehead atoms. The first-order valence-corrected chi connectivity index (χ1v) is 11.9.